The van der Waals surface area contributed by atoms with Gasteiger partial charge in [0.05, 0.1) is 0 Å². The highest BCUT2D eigenvalue weighted by molar-refractivity contribution is 4.49. The van der Waals surface area contributed by atoms with Crippen molar-refractivity contribution in [2.45, 2.75) is 84.0 Å². The zero-order chi connectivity index (χ0) is 12.8. The summed E-state index contributed by atoms with van der Waals surface area (Å²) < 4.78 is 0. The standard InChI is InChI=1S/C14H30NO2/c1-2-3-4-5-6-7-8-9-10-11-12-13-14-15(16)17/h16H,2-14H2,1H3/q-1. The van der Waals surface area contributed by atoms with Gasteiger partial charge in [0.15, 0.2) is 0 Å². The molecule has 0 bridgehead atoms. The van der Waals surface area contributed by atoms with Crippen LogP contribution < -0.4 is 0 Å². The smallest absolute Gasteiger partial charge is 0.0104 e. The van der Waals surface area contributed by atoms with Crippen LogP contribution >= 0.6 is 0 Å². The molecule has 0 saturated heterocycles. The molecule has 0 saturated carbocycles. The summed E-state index contributed by atoms with van der Waals surface area (Å²) in [5.74, 6) is 0. The molecule has 104 valence electrons. The third kappa shape index (κ3) is 15.9. The van der Waals surface area contributed by atoms with E-state index < -0.39 is 0 Å². The predicted molar refractivity (Wildman–Crippen MR) is 72.9 cm³/mol. The Balaban J connectivity index is 2.89. The van der Waals surface area contributed by atoms with Crippen molar-refractivity contribution < 1.29 is 5.21 Å². The molecule has 0 aliphatic carbocycles. The van der Waals surface area contributed by atoms with Gasteiger partial charge in [-0.15, -0.1) is 0 Å². The molecule has 0 aromatic heterocycles. The fourth-order valence-corrected chi connectivity index (χ4v) is 2.09. The van der Waals surface area contributed by atoms with Gasteiger partial charge in [-0.2, -0.15) is 0 Å². The van der Waals surface area contributed by atoms with Crippen molar-refractivity contribution >= 4 is 0 Å². The van der Waals surface area contributed by atoms with Crippen molar-refractivity contribution in [2.75, 3.05) is 6.54 Å². The van der Waals surface area contributed by atoms with Gasteiger partial charge in [0.25, 0.3) is 0 Å². The van der Waals surface area contributed by atoms with Crippen molar-refractivity contribution in [1.82, 2.24) is 5.23 Å². The maximum absolute atomic E-state index is 10.2. The molecule has 0 radical (unpaired) electrons. The highest BCUT2D eigenvalue weighted by Crippen LogP contribution is 2.11. The summed E-state index contributed by atoms with van der Waals surface area (Å²) in [5.41, 5.74) is 0. The van der Waals surface area contributed by atoms with Crippen LogP contribution in [0.2, 0.25) is 0 Å². The molecule has 0 aliphatic heterocycles. The van der Waals surface area contributed by atoms with E-state index >= 15 is 0 Å². The van der Waals surface area contributed by atoms with Crippen LogP contribution in [0, 0.1) is 5.21 Å². The zero-order valence-corrected chi connectivity index (χ0v) is 11.5. The van der Waals surface area contributed by atoms with Gasteiger partial charge in [-0.1, -0.05) is 77.6 Å². The van der Waals surface area contributed by atoms with Crippen LogP contribution in [0.25, 0.3) is 0 Å². The van der Waals surface area contributed by atoms with Crippen LogP contribution in [-0.2, 0) is 0 Å². The molecule has 17 heavy (non-hydrogen) atoms. The molecule has 1 N–H and O–H groups in total. The average Bonchev–Trinajstić information content (AvgIpc) is 2.30. The summed E-state index contributed by atoms with van der Waals surface area (Å²) in [6, 6.07) is 0. The topological polar surface area (TPSA) is 46.5 Å². The number of unbranched alkanes of at least 4 members (excludes halogenated alkanes) is 11. The summed E-state index contributed by atoms with van der Waals surface area (Å²) in [6.45, 7) is 2.51. The van der Waals surface area contributed by atoms with E-state index in [4.69, 9.17) is 5.21 Å². The number of nitrogens with zero attached hydrogens (tertiary/aromatic N) is 1. The van der Waals surface area contributed by atoms with Gasteiger partial charge in [-0.3, -0.25) is 5.23 Å². The molecule has 0 fully saturated rings. The molecule has 0 aromatic rings. The molecule has 0 heterocycles. The van der Waals surface area contributed by atoms with Crippen LogP contribution in [0.5, 0.6) is 0 Å². The Morgan fingerprint density at radius 2 is 1.06 bits per heavy atom. The van der Waals surface area contributed by atoms with Crippen LogP contribution in [0.4, 0.5) is 0 Å². The summed E-state index contributed by atoms with van der Waals surface area (Å²) >= 11 is 0. The van der Waals surface area contributed by atoms with Gasteiger partial charge in [-0.05, 0) is 6.42 Å². The second-order valence-corrected chi connectivity index (χ2v) is 4.96. The molecule has 3 nitrogen and oxygen atoms in total. The van der Waals surface area contributed by atoms with Crippen molar-refractivity contribution in [2.24, 2.45) is 0 Å². The van der Waals surface area contributed by atoms with Gasteiger partial charge >= 0.3 is 0 Å². The lowest BCUT2D eigenvalue weighted by Gasteiger charge is -2.18. The average molecular weight is 244 g/mol. The Hall–Kier alpha value is -0.120. The molecule has 0 rings (SSSR count). The maximum Gasteiger partial charge on any atom is 0.0104 e. The summed E-state index contributed by atoms with van der Waals surface area (Å²) in [4.78, 5) is 0. The number of hydroxylamine groups is 2. The molecule has 0 unspecified atom stereocenters. The Bertz CT molecular complexity index is 140. The summed E-state index contributed by atoms with van der Waals surface area (Å²) in [6.07, 6.45) is 15.4. The van der Waals surface area contributed by atoms with Gasteiger partial charge in [-0.25, -0.2) is 0 Å². The normalized spacial score (nSPS) is 11.3. The first-order valence-corrected chi connectivity index (χ1v) is 7.41. The van der Waals surface area contributed by atoms with E-state index in [0.717, 1.165) is 12.8 Å². The molecule has 0 aromatic carbocycles. The van der Waals surface area contributed by atoms with Crippen molar-refractivity contribution in [3.63, 3.8) is 0 Å². The molecule has 0 amide bonds. The van der Waals surface area contributed by atoms with E-state index in [1.54, 1.807) is 0 Å². The fourth-order valence-electron chi connectivity index (χ4n) is 2.09. The lowest BCUT2D eigenvalue weighted by Crippen LogP contribution is -2.11. The Morgan fingerprint density at radius 3 is 1.41 bits per heavy atom. The van der Waals surface area contributed by atoms with E-state index in [1.165, 1.54) is 64.2 Å². The lowest BCUT2D eigenvalue weighted by molar-refractivity contribution is -0.0414. The van der Waals surface area contributed by atoms with E-state index in [-0.39, 0.29) is 11.8 Å². The molecular formula is C14H30NO2-. The van der Waals surface area contributed by atoms with Crippen LogP contribution in [0.3, 0.4) is 0 Å². The van der Waals surface area contributed by atoms with Gasteiger partial charge in [0.2, 0.25) is 0 Å². The molecular weight excluding hydrogens is 214 g/mol. The lowest BCUT2D eigenvalue weighted by atomic mass is 10.1. The second-order valence-electron chi connectivity index (χ2n) is 4.96. The van der Waals surface area contributed by atoms with Crippen LogP contribution in [0.1, 0.15) is 84.0 Å². The SMILES string of the molecule is CCCCCCCCCCCCCCN([O-])O. The minimum absolute atomic E-state index is 0.0380. The first-order valence-electron chi connectivity index (χ1n) is 7.41. The Morgan fingerprint density at radius 1 is 0.706 bits per heavy atom. The number of hydrogen-bond acceptors (Lipinski definition) is 3. The summed E-state index contributed by atoms with van der Waals surface area (Å²) in [7, 11) is 0. The zero-order valence-electron chi connectivity index (χ0n) is 11.5. The van der Waals surface area contributed by atoms with E-state index in [0.29, 0.717) is 0 Å². The number of rotatable bonds is 13. The minimum atomic E-state index is 0.0380. The Labute approximate surface area is 107 Å². The van der Waals surface area contributed by atoms with Crippen molar-refractivity contribution in [3.05, 3.63) is 5.21 Å². The molecule has 0 spiro atoms. The largest absolute Gasteiger partial charge is 0.762 e. The van der Waals surface area contributed by atoms with E-state index in [9.17, 15) is 5.21 Å². The Kier molecular flexibility index (Phi) is 13.8. The highest BCUT2D eigenvalue weighted by Gasteiger charge is 1.93. The molecule has 0 aliphatic rings. The van der Waals surface area contributed by atoms with E-state index in [1.807, 2.05) is 0 Å². The maximum atomic E-state index is 10.2. The predicted octanol–water partition coefficient (Wildman–Crippen LogP) is 4.88. The monoisotopic (exact) mass is 244 g/mol. The van der Waals surface area contributed by atoms with Crippen LogP contribution in [-0.4, -0.2) is 17.0 Å². The molecule has 0 atom stereocenters. The number of hydrogen-bond donors (Lipinski definition) is 1. The van der Waals surface area contributed by atoms with Gasteiger partial charge < -0.3 is 10.4 Å². The van der Waals surface area contributed by atoms with Crippen molar-refractivity contribution in [1.29, 1.82) is 0 Å². The van der Waals surface area contributed by atoms with Gasteiger partial charge in [0.1, 0.15) is 0 Å². The van der Waals surface area contributed by atoms with E-state index in [2.05, 4.69) is 6.92 Å². The fraction of sp³-hybridized carbons (Fsp3) is 1.00. The minimum Gasteiger partial charge on any atom is -0.762 e. The first kappa shape index (κ1) is 16.9. The molecule has 3 heteroatoms. The summed E-state index contributed by atoms with van der Waals surface area (Å²) in [5, 5.41) is 18.6. The quantitative estimate of drug-likeness (QED) is 0.371. The second kappa shape index (κ2) is 13.9. The highest BCUT2D eigenvalue weighted by atomic mass is 16.8. The third-order valence-corrected chi connectivity index (χ3v) is 3.20. The van der Waals surface area contributed by atoms with Crippen molar-refractivity contribution in [3.8, 4) is 0 Å². The van der Waals surface area contributed by atoms with Gasteiger partial charge in [0, 0.05) is 6.54 Å². The third-order valence-electron chi connectivity index (χ3n) is 3.20. The van der Waals surface area contributed by atoms with Crippen LogP contribution in [0.15, 0.2) is 0 Å². The first-order chi connectivity index (χ1) is 8.27.